The first-order valence-electron chi connectivity index (χ1n) is 7.15. The van der Waals surface area contributed by atoms with Gasteiger partial charge in [0.05, 0.1) is 5.52 Å². The topological polar surface area (TPSA) is 44.9 Å². The molecular weight excluding hydrogens is 236 g/mol. The van der Waals surface area contributed by atoms with E-state index in [-0.39, 0.29) is 5.56 Å². The summed E-state index contributed by atoms with van der Waals surface area (Å²) in [5, 5.41) is 4.60. The summed E-state index contributed by atoms with van der Waals surface area (Å²) in [4.78, 5) is 15.3. The van der Waals surface area contributed by atoms with E-state index in [4.69, 9.17) is 0 Å². The van der Waals surface area contributed by atoms with Crippen LogP contribution in [0.15, 0.2) is 29.1 Å². The first-order valence-corrected chi connectivity index (χ1v) is 7.15. The lowest BCUT2D eigenvalue weighted by Crippen LogP contribution is -2.27. The smallest absolute Gasteiger partial charge is 0.251 e. The van der Waals surface area contributed by atoms with Crippen LogP contribution < -0.4 is 10.9 Å². The first-order chi connectivity index (χ1) is 9.28. The van der Waals surface area contributed by atoms with Crippen LogP contribution in [-0.2, 0) is 12.8 Å². The van der Waals surface area contributed by atoms with E-state index in [1.165, 1.54) is 18.4 Å². The van der Waals surface area contributed by atoms with Crippen molar-refractivity contribution in [2.45, 2.75) is 38.6 Å². The standard InChI is InChI=1S/C16H20N2O/c1-2-11-5-3-6-12-9-13(16(19)18-15(11)12)10-14-7-4-8-17-14/h3,5-6,9,14,17H,2,4,7-8,10H2,1H3,(H,18,19). The molecule has 2 heterocycles. The van der Waals surface area contributed by atoms with Crippen LogP contribution in [0.25, 0.3) is 10.9 Å². The monoisotopic (exact) mass is 256 g/mol. The zero-order valence-electron chi connectivity index (χ0n) is 11.3. The summed E-state index contributed by atoms with van der Waals surface area (Å²) < 4.78 is 0. The molecule has 0 bridgehead atoms. The fraction of sp³-hybridized carbons (Fsp3) is 0.438. The van der Waals surface area contributed by atoms with Gasteiger partial charge in [-0.05, 0) is 49.2 Å². The van der Waals surface area contributed by atoms with Gasteiger partial charge in [-0.3, -0.25) is 4.79 Å². The summed E-state index contributed by atoms with van der Waals surface area (Å²) in [5.74, 6) is 0. The van der Waals surface area contributed by atoms with Gasteiger partial charge in [-0.2, -0.15) is 0 Å². The van der Waals surface area contributed by atoms with Crippen LogP contribution in [0.2, 0.25) is 0 Å². The number of aromatic nitrogens is 1. The molecule has 19 heavy (non-hydrogen) atoms. The first kappa shape index (κ1) is 12.4. The number of benzene rings is 1. The number of pyridine rings is 1. The van der Waals surface area contributed by atoms with Crippen LogP contribution in [0.4, 0.5) is 0 Å². The highest BCUT2D eigenvalue weighted by molar-refractivity contribution is 5.82. The largest absolute Gasteiger partial charge is 0.321 e. The second-order valence-electron chi connectivity index (χ2n) is 5.36. The van der Waals surface area contributed by atoms with Crippen LogP contribution in [0.1, 0.15) is 30.9 Å². The minimum absolute atomic E-state index is 0.0714. The number of H-pyrrole nitrogens is 1. The van der Waals surface area contributed by atoms with E-state index in [9.17, 15) is 4.79 Å². The van der Waals surface area contributed by atoms with Gasteiger partial charge in [0.1, 0.15) is 0 Å². The molecule has 1 fully saturated rings. The van der Waals surface area contributed by atoms with Crippen molar-refractivity contribution in [3.8, 4) is 0 Å². The van der Waals surface area contributed by atoms with Gasteiger partial charge in [0.2, 0.25) is 0 Å². The molecule has 0 radical (unpaired) electrons. The van der Waals surface area contributed by atoms with Gasteiger partial charge in [0.15, 0.2) is 0 Å². The highest BCUT2D eigenvalue weighted by atomic mass is 16.1. The van der Waals surface area contributed by atoms with Crippen LogP contribution in [0.5, 0.6) is 0 Å². The molecule has 3 heteroatoms. The maximum atomic E-state index is 12.2. The second kappa shape index (κ2) is 5.17. The van der Waals surface area contributed by atoms with Crippen molar-refractivity contribution in [2.24, 2.45) is 0 Å². The Morgan fingerprint density at radius 2 is 2.21 bits per heavy atom. The van der Waals surface area contributed by atoms with Crippen molar-refractivity contribution < 1.29 is 0 Å². The van der Waals surface area contributed by atoms with Gasteiger partial charge in [0, 0.05) is 11.6 Å². The van der Waals surface area contributed by atoms with E-state index < -0.39 is 0 Å². The fourth-order valence-corrected chi connectivity index (χ4v) is 2.98. The van der Waals surface area contributed by atoms with E-state index in [2.05, 4.69) is 41.5 Å². The zero-order valence-corrected chi connectivity index (χ0v) is 11.3. The number of aryl methyl sites for hydroxylation is 1. The van der Waals surface area contributed by atoms with Crippen LogP contribution in [0, 0.1) is 0 Å². The van der Waals surface area contributed by atoms with E-state index in [1.54, 1.807) is 0 Å². The van der Waals surface area contributed by atoms with E-state index in [0.717, 1.165) is 35.9 Å². The number of rotatable bonds is 3. The molecule has 1 aliphatic heterocycles. The molecule has 1 aromatic heterocycles. The minimum Gasteiger partial charge on any atom is -0.321 e. The molecule has 1 unspecified atom stereocenters. The lowest BCUT2D eigenvalue weighted by molar-refractivity contribution is 0.600. The summed E-state index contributed by atoms with van der Waals surface area (Å²) in [6.45, 7) is 3.19. The average Bonchev–Trinajstić information content (AvgIpc) is 2.92. The Morgan fingerprint density at radius 1 is 1.32 bits per heavy atom. The van der Waals surface area contributed by atoms with Gasteiger partial charge in [0.25, 0.3) is 5.56 Å². The summed E-state index contributed by atoms with van der Waals surface area (Å²) in [7, 11) is 0. The third-order valence-electron chi connectivity index (χ3n) is 4.05. The van der Waals surface area contributed by atoms with Crippen LogP contribution >= 0.6 is 0 Å². The molecule has 3 nitrogen and oxygen atoms in total. The lowest BCUT2D eigenvalue weighted by Gasteiger charge is -2.11. The number of nitrogens with one attached hydrogen (secondary N) is 2. The van der Waals surface area contributed by atoms with Gasteiger partial charge in [-0.1, -0.05) is 25.1 Å². The Bertz CT molecular complexity index is 639. The molecular formula is C16H20N2O. The predicted molar refractivity (Wildman–Crippen MR) is 78.7 cm³/mol. The third-order valence-corrected chi connectivity index (χ3v) is 4.05. The highest BCUT2D eigenvalue weighted by Crippen LogP contribution is 2.18. The third kappa shape index (κ3) is 2.43. The Balaban J connectivity index is 2.02. The fourth-order valence-electron chi connectivity index (χ4n) is 2.98. The zero-order chi connectivity index (χ0) is 13.2. The van der Waals surface area contributed by atoms with E-state index in [0.29, 0.717) is 6.04 Å². The number of fused-ring (bicyclic) bond motifs is 1. The Kier molecular flexibility index (Phi) is 3.38. The number of aromatic amines is 1. The molecule has 3 rings (SSSR count). The molecule has 1 saturated heterocycles. The van der Waals surface area contributed by atoms with Crippen molar-refractivity contribution in [1.29, 1.82) is 0 Å². The molecule has 0 aliphatic carbocycles. The lowest BCUT2D eigenvalue weighted by atomic mass is 10.0. The second-order valence-corrected chi connectivity index (χ2v) is 5.36. The van der Waals surface area contributed by atoms with Crippen molar-refractivity contribution in [3.05, 3.63) is 45.7 Å². The number of hydrogen-bond acceptors (Lipinski definition) is 2. The molecule has 1 aromatic carbocycles. The maximum Gasteiger partial charge on any atom is 0.251 e. The molecule has 2 N–H and O–H groups in total. The number of hydrogen-bond donors (Lipinski definition) is 2. The Labute approximate surface area is 113 Å². The SMILES string of the molecule is CCc1cccc2cc(CC3CCCN3)c(=O)[nH]c12. The summed E-state index contributed by atoms with van der Waals surface area (Å²) in [6.07, 6.45) is 4.17. The molecule has 1 atom stereocenters. The van der Waals surface area contributed by atoms with Gasteiger partial charge < -0.3 is 10.3 Å². The predicted octanol–water partition coefficient (Wildman–Crippen LogP) is 2.38. The van der Waals surface area contributed by atoms with Gasteiger partial charge in [-0.25, -0.2) is 0 Å². The quantitative estimate of drug-likeness (QED) is 0.885. The van der Waals surface area contributed by atoms with Crippen molar-refractivity contribution in [1.82, 2.24) is 10.3 Å². The van der Waals surface area contributed by atoms with Crippen molar-refractivity contribution >= 4 is 10.9 Å². The molecule has 1 aliphatic rings. The molecule has 2 aromatic rings. The Hall–Kier alpha value is -1.61. The van der Waals surface area contributed by atoms with E-state index in [1.807, 2.05) is 0 Å². The normalized spacial score (nSPS) is 19.1. The molecule has 0 spiro atoms. The Morgan fingerprint density at radius 3 is 2.95 bits per heavy atom. The highest BCUT2D eigenvalue weighted by Gasteiger charge is 2.16. The van der Waals surface area contributed by atoms with Gasteiger partial charge in [-0.15, -0.1) is 0 Å². The average molecular weight is 256 g/mol. The molecule has 100 valence electrons. The number of para-hydroxylation sites is 1. The minimum atomic E-state index is 0.0714. The molecule has 0 saturated carbocycles. The van der Waals surface area contributed by atoms with Gasteiger partial charge >= 0.3 is 0 Å². The van der Waals surface area contributed by atoms with Crippen molar-refractivity contribution in [2.75, 3.05) is 6.54 Å². The maximum absolute atomic E-state index is 12.2. The summed E-state index contributed by atoms with van der Waals surface area (Å²) >= 11 is 0. The molecule has 0 amide bonds. The van der Waals surface area contributed by atoms with E-state index >= 15 is 0 Å². The summed E-state index contributed by atoms with van der Waals surface area (Å²) in [6, 6.07) is 8.75. The van der Waals surface area contributed by atoms with Crippen LogP contribution in [0.3, 0.4) is 0 Å². The van der Waals surface area contributed by atoms with Crippen LogP contribution in [-0.4, -0.2) is 17.6 Å². The van der Waals surface area contributed by atoms with Crippen molar-refractivity contribution in [3.63, 3.8) is 0 Å². The summed E-state index contributed by atoms with van der Waals surface area (Å²) in [5.41, 5.74) is 3.18.